The molecule has 2 nitrogen and oxygen atoms in total. The Kier molecular flexibility index (Phi) is 4.68. The van der Waals surface area contributed by atoms with Gasteiger partial charge in [0.25, 0.3) is 0 Å². The van der Waals surface area contributed by atoms with E-state index < -0.39 is 0 Å². The molecule has 4 heteroatoms. The molecule has 0 unspecified atom stereocenters. The summed E-state index contributed by atoms with van der Waals surface area (Å²) in [5.41, 5.74) is 1.79. The highest BCUT2D eigenvalue weighted by Gasteiger charge is 2.08. The summed E-state index contributed by atoms with van der Waals surface area (Å²) in [6.45, 7) is 0. The highest BCUT2D eigenvalue weighted by molar-refractivity contribution is 6.32. The molecule has 0 aromatic heterocycles. The molecule has 2 rings (SSSR count). The molecule has 0 bridgehead atoms. The summed E-state index contributed by atoms with van der Waals surface area (Å²) in [6, 6.07) is 14.9. The first-order valence-corrected chi connectivity index (χ1v) is 6.63. The van der Waals surface area contributed by atoms with E-state index in [1.807, 2.05) is 36.4 Å². The van der Waals surface area contributed by atoms with Crippen LogP contribution in [0, 0.1) is 11.3 Å². The molecule has 0 atom stereocenters. The van der Waals surface area contributed by atoms with Crippen molar-refractivity contribution in [2.24, 2.45) is 0 Å². The van der Waals surface area contributed by atoms with Gasteiger partial charge >= 0.3 is 0 Å². The normalized spacial score (nSPS) is 9.95. The molecule has 0 amide bonds. The number of halogens is 2. The summed E-state index contributed by atoms with van der Waals surface area (Å²) in [6.07, 6.45) is 0.388. The fraction of sp³-hybridized carbons (Fsp3) is 0.133. The number of rotatable bonds is 4. The number of benzene rings is 2. The number of hydrogen-bond donors (Lipinski definition) is 0. The van der Waals surface area contributed by atoms with Crippen LogP contribution >= 0.6 is 23.2 Å². The van der Waals surface area contributed by atoms with Crippen LogP contribution in [-0.2, 0) is 12.3 Å². The molecule has 2 aromatic rings. The Labute approximate surface area is 122 Å². The number of hydrogen-bond acceptors (Lipinski definition) is 2. The predicted octanol–water partition coefficient (Wildman–Crippen LogP) is 4.94. The van der Waals surface area contributed by atoms with E-state index in [1.165, 1.54) is 0 Å². The molecule has 0 saturated heterocycles. The lowest BCUT2D eigenvalue weighted by Gasteiger charge is -2.11. The van der Waals surface area contributed by atoms with Crippen molar-refractivity contribution in [2.75, 3.05) is 0 Å². The number of para-hydroxylation sites is 1. The zero-order chi connectivity index (χ0) is 13.7. The predicted molar refractivity (Wildman–Crippen MR) is 76.8 cm³/mol. The van der Waals surface area contributed by atoms with E-state index in [9.17, 15) is 0 Å². The molecule has 0 aliphatic heterocycles. The SMILES string of the molecule is N#CCc1ccc(Oc2c(Cl)cccc2CCl)cc1. The van der Waals surface area contributed by atoms with E-state index in [0.717, 1.165) is 11.1 Å². The molecule has 96 valence electrons. The summed E-state index contributed by atoms with van der Waals surface area (Å²) in [4.78, 5) is 0. The Morgan fingerprint density at radius 2 is 1.84 bits per heavy atom. The molecule has 0 fully saturated rings. The van der Waals surface area contributed by atoms with Crippen molar-refractivity contribution in [3.05, 3.63) is 58.6 Å². The minimum atomic E-state index is 0.336. The van der Waals surface area contributed by atoms with Gasteiger partial charge in [-0.15, -0.1) is 11.6 Å². The average molecular weight is 292 g/mol. The third-order valence-electron chi connectivity index (χ3n) is 2.62. The fourth-order valence-electron chi connectivity index (χ4n) is 1.66. The van der Waals surface area contributed by atoms with Crippen LogP contribution in [0.1, 0.15) is 11.1 Å². The standard InChI is InChI=1S/C15H11Cl2NO/c16-10-12-2-1-3-14(17)15(12)19-13-6-4-11(5-7-13)8-9-18/h1-7H,8,10H2. The first kappa shape index (κ1) is 13.7. The molecule has 0 N–H and O–H groups in total. The van der Waals surface area contributed by atoms with E-state index in [4.69, 9.17) is 33.2 Å². The lowest BCUT2D eigenvalue weighted by Crippen LogP contribution is -1.91. The second-order valence-electron chi connectivity index (χ2n) is 3.94. The van der Waals surface area contributed by atoms with Gasteiger partial charge in [-0.05, 0) is 23.8 Å². The molecule has 0 aliphatic carbocycles. The van der Waals surface area contributed by atoms with Gasteiger partial charge in [-0.2, -0.15) is 5.26 Å². The summed E-state index contributed by atoms with van der Waals surface area (Å²) in [7, 11) is 0. The van der Waals surface area contributed by atoms with Gasteiger partial charge in [-0.3, -0.25) is 0 Å². The van der Waals surface area contributed by atoms with Crippen LogP contribution in [0.2, 0.25) is 5.02 Å². The summed E-state index contributed by atoms with van der Waals surface area (Å²) >= 11 is 12.0. The van der Waals surface area contributed by atoms with E-state index >= 15 is 0 Å². The van der Waals surface area contributed by atoms with E-state index in [2.05, 4.69) is 6.07 Å². The number of alkyl halides is 1. The largest absolute Gasteiger partial charge is 0.455 e. The minimum Gasteiger partial charge on any atom is -0.455 e. The van der Waals surface area contributed by atoms with Gasteiger partial charge in [0, 0.05) is 5.56 Å². The third-order valence-corrected chi connectivity index (χ3v) is 3.20. The van der Waals surface area contributed by atoms with Crippen LogP contribution in [0.25, 0.3) is 0 Å². The van der Waals surface area contributed by atoms with Crippen molar-refractivity contribution in [2.45, 2.75) is 12.3 Å². The maximum absolute atomic E-state index is 8.62. The van der Waals surface area contributed by atoms with E-state index in [1.54, 1.807) is 6.07 Å². The zero-order valence-electron chi connectivity index (χ0n) is 10.1. The van der Waals surface area contributed by atoms with Gasteiger partial charge in [0.15, 0.2) is 0 Å². The van der Waals surface area contributed by atoms with Crippen molar-refractivity contribution in [1.82, 2.24) is 0 Å². The maximum atomic E-state index is 8.62. The highest BCUT2D eigenvalue weighted by Crippen LogP contribution is 2.33. The van der Waals surface area contributed by atoms with Gasteiger partial charge in [0.1, 0.15) is 11.5 Å². The molecule has 0 aliphatic rings. The van der Waals surface area contributed by atoms with Crippen LogP contribution < -0.4 is 4.74 Å². The van der Waals surface area contributed by atoms with Crippen molar-refractivity contribution in [1.29, 1.82) is 5.26 Å². The van der Waals surface area contributed by atoms with Gasteiger partial charge in [-0.1, -0.05) is 35.9 Å². The van der Waals surface area contributed by atoms with Crippen LogP contribution in [0.4, 0.5) is 0 Å². The summed E-state index contributed by atoms with van der Waals surface area (Å²) in [5, 5.41) is 9.14. The quantitative estimate of drug-likeness (QED) is 0.748. The first-order valence-electron chi connectivity index (χ1n) is 5.71. The molecule has 19 heavy (non-hydrogen) atoms. The van der Waals surface area contributed by atoms with Crippen LogP contribution in [-0.4, -0.2) is 0 Å². The van der Waals surface area contributed by atoms with Crippen molar-refractivity contribution in [3.63, 3.8) is 0 Å². The molecule has 0 spiro atoms. The number of nitriles is 1. The fourth-order valence-corrected chi connectivity index (χ4v) is 2.10. The summed E-state index contributed by atoms with van der Waals surface area (Å²) < 4.78 is 5.77. The molecular formula is C15H11Cl2NO. The van der Waals surface area contributed by atoms with Crippen molar-refractivity contribution < 1.29 is 4.74 Å². The van der Waals surface area contributed by atoms with Gasteiger partial charge in [-0.25, -0.2) is 0 Å². The molecule has 0 radical (unpaired) electrons. The third kappa shape index (κ3) is 3.41. The minimum absolute atomic E-state index is 0.336. The van der Waals surface area contributed by atoms with Crippen molar-refractivity contribution in [3.8, 4) is 17.6 Å². The van der Waals surface area contributed by atoms with E-state index in [-0.39, 0.29) is 0 Å². The number of nitrogens with zero attached hydrogens (tertiary/aromatic N) is 1. The Morgan fingerprint density at radius 3 is 2.47 bits per heavy atom. The average Bonchev–Trinajstić information content (AvgIpc) is 2.43. The smallest absolute Gasteiger partial charge is 0.150 e. The van der Waals surface area contributed by atoms with Gasteiger partial charge in [0.2, 0.25) is 0 Å². The molecule has 2 aromatic carbocycles. The zero-order valence-corrected chi connectivity index (χ0v) is 11.6. The van der Waals surface area contributed by atoms with E-state index in [0.29, 0.717) is 28.8 Å². The second-order valence-corrected chi connectivity index (χ2v) is 4.62. The second kappa shape index (κ2) is 6.47. The van der Waals surface area contributed by atoms with Gasteiger partial charge < -0.3 is 4.74 Å². The summed E-state index contributed by atoms with van der Waals surface area (Å²) in [5.74, 6) is 1.58. The Balaban J connectivity index is 2.24. The van der Waals surface area contributed by atoms with Crippen LogP contribution in [0.15, 0.2) is 42.5 Å². The number of ether oxygens (including phenoxy) is 1. The molecule has 0 saturated carbocycles. The van der Waals surface area contributed by atoms with Crippen LogP contribution in [0.5, 0.6) is 11.5 Å². The topological polar surface area (TPSA) is 33.0 Å². The molecular weight excluding hydrogens is 281 g/mol. The Hall–Kier alpha value is -1.69. The Bertz CT molecular complexity index is 603. The monoisotopic (exact) mass is 291 g/mol. The van der Waals surface area contributed by atoms with Crippen molar-refractivity contribution >= 4 is 23.2 Å². The lowest BCUT2D eigenvalue weighted by atomic mass is 10.1. The van der Waals surface area contributed by atoms with Crippen LogP contribution in [0.3, 0.4) is 0 Å². The Morgan fingerprint density at radius 1 is 1.11 bits per heavy atom. The van der Waals surface area contributed by atoms with Gasteiger partial charge in [0.05, 0.1) is 23.4 Å². The maximum Gasteiger partial charge on any atom is 0.150 e. The highest BCUT2D eigenvalue weighted by atomic mass is 35.5. The first-order chi connectivity index (χ1) is 9.24. The lowest BCUT2D eigenvalue weighted by molar-refractivity contribution is 0.478. The molecule has 0 heterocycles.